The van der Waals surface area contributed by atoms with Gasteiger partial charge in [-0.15, -0.1) is 0 Å². The lowest BCUT2D eigenvalue weighted by Gasteiger charge is -2.26. The third-order valence-electron chi connectivity index (χ3n) is 3.27. The minimum absolute atomic E-state index is 0.0102. The van der Waals surface area contributed by atoms with Crippen molar-refractivity contribution < 1.29 is 19.0 Å². The summed E-state index contributed by atoms with van der Waals surface area (Å²) in [5.41, 5.74) is 0. The first kappa shape index (κ1) is 15.6. The average Bonchev–Trinajstić information content (AvgIpc) is 2.54. The molecule has 1 fully saturated rings. The number of morpholine rings is 1. The third-order valence-corrected chi connectivity index (χ3v) is 3.27. The molecule has 0 spiro atoms. The quantitative estimate of drug-likeness (QED) is 0.794. The van der Waals surface area contributed by atoms with E-state index in [0.717, 1.165) is 32.8 Å². The van der Waals surface area contributed by atoms with Crippen molar-refractivity contribution in [2.75, 3.05) is 53.1 Å². The molecule has 0 unspecified atom stereocenters. The van der Waals surface area contributed by atoms with Crippen LogP contribution in [0.2, 0.25) is 0 Å². The predicted octanol–water partition coefficient (Wildman–Crippen LogP) is 0.522. The van der Waals surface area contributed by atoms with Gasteiger partial charge in [0, 0.05) is 32.2 Å². The molecule has 1 saturated heterocycles. The van der Waals surface area contributed by atoms with Crippen LogP contribution >= 0.6 is 0 Å². The lowest BCUT2D eigenvalue weighted by molar-refractivity contribution is -0.123. The summed E-state index contributed by atoms with van der Waals surface area (Å²) in [5.74, 6) is 1.21. The van der Waals surface area contributed by atoms with Gasteiger partial charge in [-0.3, -0.25) is 9.69 Å². The number of nitrogens with zero attached hydrogens (tertiary/aromatic N) is 1. The maximum absolute atomic E-state index is 11.7. The lowest BCUT2D eigenvalue weighted by Crippen LogP contribution is -2.42. The van der Waals surface area contributed by atoms with E-state index in [9.17, 15) is 4.79 Å². The molecule has 1 heterocycles. The molecule has 1 aliphatic rings. The van der Waals surface area contributed by atoms with Gasteiger partial charge in [-0.2, -0.15) is 0 Å². The number of carbonyl (C=O) groups excluding carboxylic acids is 1. The van der Waals surface area contributed by atoms with E-state index < -0.39 is 0 Å². The van der Waals surface area contributed by atoms with Gasteiger partial charge in [0.2, 0.25) is 0 Å². The number of benzene rings is 1. The minimum atomic E-state index is -0.119. The average molecular weight is 294 g/mol. The Morgan fingerprint density at radius 3 is 2.86 bits per heavy atom. The summed E-state index contributed by atoms with van der Waals surface area (Å²) >= 11 is 0. The van der Waals surface area contributed by atoms with E-state index in [0.29, 0.717) is 18.0 Å². The summed E-state index contributed by atoms with van der Waals surface area (Å²) in [6.07, 6.45) is 0. The van der Waals surface area contributed by atoms with Crippen molar-refractivity contribution >= 4 is 5.91 Å². The van der Waals surface area contributed by atoms with Crippen LogP contribution in [0, 0.1) is 0 Å². The molecule has 1 aromatic carbocycles. The fourth-order valence-electron chi connectivity index (χ4n) is 2.07. The van der Waals surface area contributed by atoms with Gasteiger partial charge in [-0.1, -0.05) is 6.07 Å². The molecule has 2 rings (SSSR count). The zero-order chi connectivity index (χ0) is 14.9. The van der Waals surface area contributed by atoms with Gasteiger partial charge in [-0.25, -0.2) is 0 Å². The van der Waals surface area contributed by atoms with Crippen LogP contribution in [0.5, 0.6) is 11.5 Å². The molecule has 1 aromatic rings. The molecule has 1 N–H and O–H groups in total. The zero-order valence-corrected chi connectivity index (χ0v) is 12.3. The molecule has 6 heteroatoms. The fraction of sp³-hybridized carbons (Fsp3) is 0.533. The van der Waals surface area contributed by atoms with Crippen LogP contribution in [0.25, 0.3) is 0 Å². The smallest absolute Gasteiger partial charge is 0.257 e. The van der Waals surface area contributed by atoms with Crippen molar-refractivity contribution in [3.63, 3.8) is 0 Å². The third kappa shape index (κ3) is 5.61. The summed E-state index contributed by atoms with van der Waals surface area (Å²) in [4.78, 5) is 14.0. The summed E-state index contributed by atoms with van der Waals surface area (Å²) in [6.45, 7) is 4.87. The molecule has 0 bridgehead atoms. The van der Waals surface area contributed by atoms with E-state index in [1.165, 1.54) is 0 Å². The van der Waals surface area contributed by atoms with Crippen LogP contribution < -0.4 is 14.8 Å². The number of ether oxygens (including phenoxy) is 3. The Bertz CT molecular complexity index is 447. The largest absolute Gasteiger partial charge is 0.497 e. The van der Waals surface area contributed by atoms with Gasteiger partial charge in [0.05, 0.1) is 20.3 Å². The van der Waals surface area contributed by atoms with Crippen LogP contribution in [-0.4, -0.2) is 63.9 Å². The highest BCUT2D eigenvalue weighted by molar-refractivity contribution is 5.77. The molecule has 0 aliphatic carbocycles. The highest BCUT2D eigenvalue weighted by Crippen LogP contribution is 2.18. The van der Waals surface area contributed by atoms with E-state index in [-0.39, 0.29) is 12.5 Å². The SMILES string of the molecule is COc1cccc(OCC(=O)NCCN2CCOCC2)c1. The molecule has 0 atom stereocenters. The lowest BCUT2D eigenvalue weighted by atomic mass is 10.3. The Labute approximate surface area is 125 Å². The van der Waals surface area contributed by atoms with Crippen molar-refractivity contribution in [3.05, 3.63) is 24.3 Å². The molecule has 0 saturated carbocycles. The van der Waals surface area contributed by atoms with Crippen LogP contribution in [0.4, 0.5) is 0 Å². The maximum atomic E-state index is 11.7. The molecule has 1 aliphatic heterocycles. The van der Waals surface area contributed by atoms with E-state index >= 15 is 0 Å². The molecular weight excluding hydrogens is 272 g/mol. The maximum Gasteiger partial charge on any atom is 0.257 e. The summed E-state index contributed by atoms with van der Waals surface area (Å²) < 4.78 is 15.8. The Kier molecular flexibility index (Phi) is 6.30. The topological polar surface area (TPSA) is 60.0 Å². The number of hydrogen-bond donors (Lipinski definition) is 1. The predicted molar refractivity (Wildman–Crippen MR) is 78.8 cm³/mol. The molecule has 0 radical (unpaired) electrons. The number of carbonyl (C=O) groups is 1. The zero-order valence-electron chi connectivity index (χ0n) is 12.3. The summed E-state index contributed by atoms with van der Waals surface area (Å²) in [7, 11) is 1.59. The number of methoxy groups -OCH3 is 1. The first-order valence-electron chi connectivity index (χ1n) is 7.11. The fourth-order valence-corrected chi connectivity index (χ4v) is 2.07. The molecule has 21 heavy (non-hydrogen) atoms. The van der Waals surface area contributed by atoms with E-state index in [1.807, 2.05) is 12.1 Å². The monoisotopic (exact) mass is 294 g/mol. The van der Waals surface area contributed by atoms with E-state index in [4.69, 9.17) is 14.2 Å². The number of nitrogens with one attached hydrogen (secondary N) is 1. The van der Waals surface area contributed by atoms with E-state index in [1.54, 1.807) is 19.2 Å². The molecule has 6 nitrogen and oxygen atoms in total. The van der Waals surface area contributed by atoms with Gasteiger partial charge < -0.3 is 19.5 Å². The minimum Gasteiger partial charge on any atom is -0.497 e. The number of rotatable bonds is 7. The van der Waals surface area contributed by atoms with Gasteiger partial charge in [-0.05, 0) is 12.1 Å². The number of hydrogen-bond acceptors (Lipinski definition) is 5. The normalized spacial score (nSPS) is 15.5. The standard InChI is InChI=1S/C15H22N2O4/c1-19-13-3-2-4-14(11-13)21-12-15(18)16-5-6-17-7-9-20-10-8-17/h2-4,11H,5-10,12H2,1H3,(H,16,18). The second-order valence-electron chi connectivity index (χ2n) is 4.77. The van der Waals surface area contributed by atoms with Crippen molar-refractivity contribution in [1.29, 1.82) is 0 Å². The highest BCUT2D eigenvalue weighted by atomic mass is 16.5. The van der Waals surface area contributed by atoms with Gasteiger partial charge in [0.15, 0.2) is 6.61 Å². The molecule has 0 aromatic heterocycles. The Morgan fingerprint density at radius 1 is 1.33 bits per heavy atom. The molecule has 1 amide bonds. The molecule has 116 valence electrons. The van der Waals surface area contributed by atoms with Crippen molar-refractivity contribution in [1.82, 2.24) is 10.2 Å². The van der Waals surface area contributed by atoms with Gasteiger partial charge in [0.25, 0.3) is 5.91 Å². The van der Waals surface area contributed by atoms with Crippen molar-refractivity contribution in [2.45, 2.75) is 0 Å². The van der Waals surface area contributed by atoms with Crippen LogP contribution in [-0.2, 0) is 9.53 Å². The van der Waals surface area contributed by atoms with Gasteiger partial charge in [0.1, 0.15) is 11.5 Å². The van der Waals surface area contributed by atoms with Crippen molar-refractivity contribution in [2.24, 2.45) is 0 Å². The Morgan fingerprint density at radius 2 is 2.10 bits per heavy atom. The highest BCUT2D eigenvalue weighted by Gasteiger charge is 2.10. The van der Waals surface area contributed by atoms with Crippen molar-refractivity contribution in [3.8, 4) is 11.5 Å². The van der Waals surface area contributed by atoms with Crippen LogP contribution in [0.15, 0.2) is 24.3 Å². The Balaban J connectivity index is 1.62. The summed E-state index contributed by atoms with van der Waals surface area (Å²) in [5, 5.41) is 2.85. The molecular formula is C15H22N2O4. The van der Waals surface area contributed by atoms with E-state index in [2.05, 4.69) is 10.2 Å². The number of amides is 1. The Hall–Kier alpha value is -1.79. The van der Waals surface area contributed by atoms with Crippen LogP contribution in [0.3, 0.4) is 0 Å². The van der Waals surface area contributed by atoms with Gasteiger partial charge >= 0.3 is 0 Å². The van der Waals surface area contributed by atoms with Crippen LogP contribution in [0.1, 0.15) is 0 Å². The first-order valence-corrected chi connectivity index (χ1v) is 7.11. The second kappa shape index (κ2) is 8.49. The second-order valence-corrected chi connectivity index (χ2v) is 4.77. The first-order chi connectivity index (χ1) is 10.3. The summed E-state index contributed by atoms with van der Waals surface area (Å²) in [6, 6.07) is 7.20.